The average molecular weight is 266 g/mol. The molecule has 5 heteroatoms. The van der Waals surface area contributed by atoms with Crippen molar-refractivity contribution in [3.8, 4) is 5.75 Å². The summed E-state index contributed by atoms with van der Waals surface area (Å²) in [6.45, 7) is 2.88. The van der Waals surface area contributed by atoms with Crippen LogP contribution in [0.3, 0.4) is 0 Å². The molecule has 0 saturated carbocycles. The van der Waals surface area contributed by atoms with Crippen molar-refractivity contribution in [3.63, 3.8) is 0 Å². The highest BCUT2D eigenvalue weighted by molar-refractivity contribution is 5.80. The molecule has 0 spiro atoms. The maximum absolute atomic E-state index is 13.8. The van der Waals surface area contributed by atoms with E-state index >= 15 is 0 Å². The number of carbonyl (C=O) groups is 1. The van der Waals surface area contributed by atoms with Crippen molar-refractivity contribution in [2.45, 2.75) is 12.3 Å². The first kappa shape index (κ1) is 13.5. The summed E-state index contributed by atoms with van der Waals surface area (Å²) in [4.78, 5) is 10.6. The van der Waals surface area contributed by atoms with Gasteiger partial charge in [-0.25, -0.2) is 9.18 Å². The third-order valence-corrected chi connectivity index (χ3v) is 3.07. The maximum atomic E-state index is 13.8. The summed E-state index contributed by atoms with van der Waals surface area (Å²) in [6.07, 6.45) is 2.62. The lowest BCUT2D eigenvalue weighted by Crippen LogP contribution is -2.45. The molecular weight excluding hydrogens is 251 g/mol. The predicted molar refractivity (Wildman–Crippen MR) is 66.8 cm³/mol. The lowest BCUT2D eigenvalue weighted by Gasteiger charge is -2.39. The van der Waals surface area contributed by atoms with E-state index in [0.29, 0.717) is 25.4 Å². The fourth-order valence-electron chi connectivity index (χ4n) is 1.99. The van der Waals surface area contributed by atoms with Gasteiger partial charge in [0.25, 0.3) is 0 Å². The highest BCUT2D eigenvalue weighted by Crippen LogP contribution is 2.35. The van der Waals surface area contributed by atoms with Crippen molar-refractivity contribution in [3.05, 3.63) is 41.7 Å². The molecule has 4 nitrogen and oxygen atoms in total. The Balaban J connectivity index is 2.29. The Morgan fingerprint density at radius 3 is 2.79 bits per heavy atom. The van der Waals surface area contributed by atoms with E-state index in [-0.39, 0.29) is 5.75 Å². The van der Waals surface area contributed by atoms with Gasteiger partial charge in [-0.3, -0.25) is 0 Å². The standard InChI is InChI=1S/C14H15FO4/c1-2-19-12-4-3-10(7-11(12)15)14(8-18-9-14)6-5-13(16)17/h3-7H,2,8-9H2,1H3,(H,16,17)/b6-5+. The van der Waals surface area contributed by atoms with Crippen LogP contribution in [-0.4, -0.2) is 30.9 Å². The summed E-state index contributed by atoms with van der Waals surface area (Å²) < 4.78 is 24.1. The van der Waals surface area contributed by atoms with Gasteiger partial charge in [-0.05, 0) is 24.6 Å². The van der Waals surface area contributed by atoms with Gasteiger partial charge in [0.2, 0.25) is 0 Å². The lowest BCUT2D eigenvalue weighted by atomic mass is 9.78. The number of carboxylic acid groups (broad SMARTS) is 1. The number of rotatable bonds is 5. The molecule has 0 amide bonds. The molecule has 0 aliphatic carbocycles. The van der Waals surface area contributed by atoms with Crippen LogP contribution in [0.15, 0.2) is 30.4 Å². The molecule has 102 valence electrons. The first-order valence-electron chi connectivity index (χ1n) is 6.00. The number of halogens is 1. The number of benzene rings is 1. The molecular formula is C14H15FO4. The summed E-state index contributed by atoms with van der Waals surface area (Å²) in [5.41, 5.74) is 0.140. The van der Waals surface area contributed by atoms with Gasteiger partial charge in [-0.15, -0.1) is 0 Å². The topological polar surface area (TPSA) is 55.8 Å². The zero-order chi connectivity index (χ0) is 13.9. The summed E-state index contributed by atoms with van der Waals surface area (Å²) in [6, 6.07) is 4.67. The molecule has 0 atom stereocenters. The van der Waals surface area contributed by atoms with Crippen molar-refractivity contribution < 1.29 is 23.8 Å². The number of hydrogen-bond donors (Lipinski definition) is 1. The minimum atomic E-state index is -1.03. The van der Waals surface area contributed by atoms with Crippen LogP contribution < -0.4 is 4.74 Å². The molecule has 2 rings (SSSR count). The molecule has 19 heavy (non-hydrogen) atoms. The molecule has 0 unspecified atom stereocenters. The van der Waals surface area contributed by atoms with Gasteiger partial charge in [-0.2, -0.15) is 0 Å². The molecule has 0 aromatic heterocycles. The van der Waals surface area contributed by atoms with Crippen LogP contribution >= 0.6 is 0 Å². The molecule has 1 aromatic rings. The van der Waals surface area contributed by atoms with Crippen LogP contribution in [0, 0.1) is 5.82 Å². The number of ether oxygens (including phenoxy) is 2. The largest absolute Gasteiger partial charge is 0.491 e. The number of carboxylic acids is 1. The number of hydrogen-bond acceptors (Lipinski definition) is 3. The zero-order valence-corrected chi connectivity index (χ0v) is 10.6. The fourth-order valence-corrected chi connectivity index (χ4v) is 1.99. The monoisotopic (exact) mass is 266 g/mol. The normalized spacial score (nSPS) is 17.2. The summed E-state index contributed by atoms with van der Waals surface area (Å²) >= 11 is 0. The van der Waals surface area contributed by atoms with Gasteiger partial charge in [0.05, 0.1) is 25.2 Å². The SMILES string of the molecule is CCOc1ccc(C2(/C=C/C(=O)O)COC2)cc1F. The van der Waals surface area contributed by atoms with Gasteiger partial charge in [0.1, 0.15) is 0 Å². The zero-order valence-electron chi connectivity index (χ0n) is 10.6. The second kappa shape index (κ2) is 5.40. The molecule has 1 aliphatic rings. The molecule has 1 heterocycles. The first-order chi connectivity index (χ1) is 9.07. The Morgan fingerprint density at radius 1 is 1.58 bits per heavy atom. The third kappa shape index (κ3) is 2.76. The van der Waals surface area contributed by atoms with Crippen LogP contribution in [0.1, 0.15) is 12.5 Å². The van der Waals surface area contributed by atoms with Gasteiger partial charge in [-0.1, -0.05) is 12.1 Å². The van der Waals surface area contributed by atoms with E-state index in [2.05, 4.69) is 0 Å². The average Bonchev–Trinajstić information content (AvgIpc) is 2.31. The van der Waals surface area contributed by atoms with Crippen molar-refractivity contribution in [1.29, 1.82) is 0 Å². The van der Waals surface area contributed by atoms with E-state index in [9.17, 15) is 9.18 Å². The minimum absolute atomic E-state index is 0.198. The first-order valence-corrected chi connectivity index (χ1v) is 6.00. The van der Waals surface area contributed by atoms with Crippen LogP contribution in [-0.2, 0) is 14.9 Å². The Hall–Kier alpha value is -1.88. The summed E-state index contributed by atoms with van der Waals surface area (Å²) in [7, 11) is 0. The smallest absolute Gasteiger partial charge is 0.328 e. The van der Waals surface area contributed by atoms with Crippen molar-refractivity contribution in [1.82, 2.24) is 0 Å². The van der Waals surface area contributed by atoms with Crippen LogP contribution in [0.5, 0.6) is 5.75 Å². The highest BCUT2D eigenvalue weighted by Gasteiger charge is 2.38. The second-order valence-corrected chi connectivity index (χ2v) is 4.40. The second-order valence-electron chi connectivity index (χ2n) is 4.40. The summed E-state index contributed by atoms with van der Waals surface area (Å²) in [5, 5.41) is 8.69. The molecule has 0 bridgehead atoms. The molecule has 1 fully saturated rings. The quantitative estimate of drug-likeness (QED) is 0.829. The van der Waals surface area contributed by atoms with E-state index in [1.54, 1.807) is 25.1 Å². The van der Waals surface area contributed by atoms with Crippen LogP contribution in [0.25, 0.3) is 0 Å². The Labute approximate surface area is 110 Å². The lowest BCUT2D eigenvalue weighted by molar-refractivity contribution is -0.131. The van der Waals surface area contributed by atoms with Crippen LogP contribution in [0.2, 0.25) is 0 Å². The maximum Gasteiger partial charge on any atom is 0.328 e. The number of aliphatic carboxylic acids is 1. The molecule has 1 aromatic carbocycles. The van der Waals surface area contributed by atoms with Gasteiger partial charge in [0, 0.05) is 6.08 Å². The van der Waals surface area contributed by atoms with Crippen molar-refractivity contribution in [2.24, 2.45) is 0 Å². The fraction of sp³-hybridized carbons (Fsp3) is 0.357. The van der Waals surface area contributed by atoms with E-state index in [4.69, 9.17) is 14.6 Å². The molecule has 0 radical (unpaired) electrons. The predicted octanol–water partition coefficient (Wildman–Crippen LogP) is 2.13. The Kier molecular flexibility index (Phi) is 3.85. The van der Waals surface area contributed by atoms with E-state index < -0.39 is 17.2 Å². The molecule has 1 aliphatic heterocycles. The highest BCUT2D eigenvalue weighted by atomic mass is 19.1. The van der Waals surface area contributed by atoms with Crippen molar-refractivity contribution in [2.75, 3.05) is 19.8 Å². The Morgan fingerprint density at radius 2 is 2.32 bits per heavy atom. The van der Waals surface area contributed by atoms with Crippen LogP contribution in [0.4, 0.5) is 4.39 Å². The third-order valence-electron chi connectivity index (χ3n) is 3.07. The van der Waals surface area contributed by atoms with Gasteiger partial charge >= 0.3 is 5.97 Å². The molecule has 1 saturated heterocycles. The van der Waals surface area contributed by atoms with Crippen molar-refractivity contribution >= 4 is 5.97 Å². The van der Waals surface area contributed by atoms with E-state index in [1.807, 2.05) is 0 Å². The van der Waals surface area contributed by atoms with E-state index in [0.717, 1.165) is 6.08 Å². The van der Waals surface area contributed by atoms with Gasteiger partial charge in [0.15, 0.2) is 11.6 Å². The van der Waals surface area contributed by atoms with E-state index in [1.165, 1.54) is 6.07 Å². The molecule has 1 N–H and O–H groups in total. The summed E-state index contributed by atoms with van der Waals surface area (Å²) in [5.74, 6) is -1.28. The Bertz CT molecular complexity index is 506. The minimum Gasteiger partial charge on any atom is -0.491 e. The van der Waals surface area contributed by atoms with Gasteiger partial charge < -0.3 is 14.6 Å².